The van der Waals surface area contributed by atoms with Gasteiger partial charge in [-0.2, -0.15) is 0 Å². The second-order valence-corrected chi connectivity index (χ2v) is 6.86. The molecule has 2 aromatic carbocycles. The van der Waals surface area contributed by atoms with Gasteiger partial charge in [-0.25, -0.2) is 4.39 Å². The van der Waals surface area contributed by atoms with Crippen molar-refractivity contribution in [1.29, 1.82) is 0 Å². The van der Waals surface area contributed by atoms with Crippen LogP contribution in [0.1, 0.15) is 23.3 Å². The standard InChI is InChI=1S/C21H20FN3O2/c22-16-7-9-17(10-8-16)23-20(26)15-5-3-11-25(13-15)21(27)19-12-14-4-1-2-6-18(14)24-19/h1-2,4,6-10,12,15,24H,3,5,11,13H2,(H,23,26)/t15-/m0/s1. The van der Waals surface area contributed by atoms with Gasteiger partial charge in [-0.3, -0.25) is 9.59 Å². The highest BCUT2D eigenvalue weighted by molar-refractivity contribution is 5.99. The number of carbonyl (C=O) groups excluding carboxylic acids is 2. The van der Waals surface area contributed by atoms with E-state index in [1.54, 1.807) is 4.90 Å². The summed E-state index contributed by atoms with van der Waals surface area (Å²) in [6, 6.07) is 15.3. The number of fused-ring (bicyclic) bond motifs is 1. The normalized spacial score (nSPS) is 17.1. The number of carbonyl (C=O) groups is 2. The van der Waals surface area contributed by atoms with E-state index in [2.05, 4.69) is 10.3 Å². The molecule has 0 aliphatic carbocycles. The highest BCUT2D eigenvalue weighted by atomic mass is 19.1. The summed E-state index contributed by atoms with van der Waals surface area (Å²) >= 11 is 0. The van der Waals surface area contributed by atoms with Crippen molar-refractivity contribution < 1.29 is 14.0 Å². The second-order valence-electron chi connectivity index (χ2n) is 6.86. The fourth-order valence-corrected chi connectivity index (χ4v) is 3.51. The van der Waals surface area contributed by atoms with Gasteiger partial charge in [0, 0.05) is 29.7 Å². The number of amides is 2. The fraction of sp³-hybridized carbons (Fsp3) is 0.238. The second kappa shape index (κ2) is 7.23. The SMILES string of the molecule is O=C(Nc1ccc(F)cc1)[C@H]1CCCN(C(=O)c2cc3ccccc3[nH]2)C1. The minimum absolute atomic E-state index is 0.0921. The van der Waals surface area contributed by atoms with Crippen molar-refractivity contribution in [2.45, 2.75) is 12.8 Å². The molecule has 0 saturated carbocycles. The van der Waals surface area contributed by atoms with Crippen LogP contribution in [0.25, 0.3) is 10.9 Å². The van der Waals surface area contributed by atoms with Crippen LogP contribution in [-0.2, 0) is 4.79 Å². The van der Waals surface area contributed by atoms with Gasteiger partial charge in [-0.1, -0.05) is 18.2 Å². The molecular formula is C21H20FN3O2. The number of halogens is 1. The van der Waals surface area contributed by atoms with E-state index in [4.69, 9.17) is 0 Å². The number of rotatable bonds is 3. The molecule has 1 fully saturated rings. The van der Waals surface area contributed by atoms with E-state index >= 15 is 0 Å². The number of anilines is 1. The maximum absolute atomic E-state index is 13.0. The third kappa shape index (κ3) is 3.69. The Hall–Kier alpha value is -3.15. The highest BCUT2D eigenvalue weighted by Gasteiger charge is 2.29. The zero-order valence-corrected chi connectivity index (χ0v) is 14.7. The molecule has 0 spiro atoms. The van der Waals surface area contributed by atoms with Crippen molar-refractivity contribution in [3.05, 3.63) is 66.1 Å². The topological polar surface area (TPSA) is 65.2 Å². The number of piperidine rings is 1. The lowest BCUT2D eigenvalue weighted by atomic mass is 9.96. The number of likely N-dealkylation sites (tertiary alicyclic amines) is 1. The molecule has 1 aliphatic heterocycles. The van der Waals surface area contributed by atoms with Crippen molar-refractivity contribution in [2.24, 2.45) is 5.92 Å². The number of nitrogens with zero attached hydrogens (tertiary/aromatic N) is 1. The summed E-state index contributed by atoms with van der Waals surface area (Å²) < 4.78 is 13.0. The number of aromatic amines is 1. The van der Waals surface area contributed by atoms with E-state index in [0.29, 0.717) is 24.5 Å². The Balaban J connectivity index is 1.44. The number of hydrogen-bond donors (Lipinski definition) is 2. The van der Waals surface area contributed by atoms with E-state index in [1.165, 1.54) is 24.3 Å². The van der Waals surface area contributed by atoms with Crippen LogP contribution in [0.15, 0.2) is 54.6 Å². The van der Waals surface area contributed by atoms with Crippen molar-refractivity contribution in [3.63, 3.8) is 0 Å². The molecule has 5 nitrogen and oxygen atoms in total. The van der Waals surface area contributed by atoms with Crippen LogP contribution >= 0.6 is 0 Å². The molecule has 27 heavy (non-hydrogen) atoms. The third-order valence-corrected chi connectivity index (χ3v) is 4.95. The summed E-state index contributed by atoms with van der Waals surface area (Å²) in [5.41, 5.74) is 2.01. The van der Waals surface area contributed by atoms with E-state index in [-0.39, 0.29) is 23.5 Å². The Bertz CT molecular complexity index is 948. The van der Waals surface area contributed by atoms with Gasteiger partial charge in [-0.05, 0) is 49.2 Å². The number of H-pyrrole nitrogens is 1. The summed E-state index contributed by atoms with van der Waals surface area (Å²) in [6.45, 7) is 1.01. The Morgan fingerprint density at radius 1 is 1.11 bits per heavy atom. The summed E-state index contributed by atoms with van der Waals surface area (Å²) in [5, 5.41) is 3.80. The van der Waals surface area contributed by atoms with Gasteiger partial charge < -0.3 is 15.2 Å². The zero-order valence-electron chi connectivity index (χ0n) is 14.7. The third-order valence-electron chi connectivity index (χ3n) is 4.95. The summed E-state index contributed by atoms with van der Waals surface area (Å²) in [7, 11) is 0. The fourth-order valence-electron chi connectivity index (χ4n) is 3.51. The first-order valence-electron chi connectivity index (χ1n) is 9.03. The molecule has 6 heteroatoms. The Morgan fingerprint density at radius 3 is 2.67 bits per heavy atom. The van der Waals surface area contributed by atoms with Gasteiger partial charge in [0.05, 0.1) is 5.92 Å². The van der Waals surface area contributed by atoms with Gasteiger partial charge in [0.1, 0.15) is 11.5 Å². The van der Waals surface area contributed by atoms with Gasteiger partial charge >= 0.3 is 0 Å². The molecule has 1 atom stereocenters. The van der Waals surface area contributed by atoms with Crippen LogP contribution < -0.4 is 5.32 Å². The maximum atomic E-state index is 13.0. The summed E-state index contributed by atoms with van der Waals surface area (Å²) in [4.78, 5) is 30.3. The number of para-hydroxylation sites is 1. The predicted molar refractivity (Wildman–Crippen MR) is 102 cm³/mol. The van der Waals surface area contributed by atoms with Crippen LogP contribution in [0.5, 0.6) is 0 Å². The Labute approximate surface area is 156 Å². The quantitative estimate of drug-likeness (QED) is 0.741. The molecule has 1 aliphatic rings. The number of aromatic nitrogens is 1. The van der Waals surface area contributed by atoms with Crippen LogP contribution in [0.3, 0.4) is 0 Å². The molecule has 3 aromatic rings. The molecule has 4 rings (SSSR count). The molecule has 0 radical (unpaired) electrons. The van der Waals surface area contributed by atoms with E-state index in [0.717, 1.165) is 23.7 Å². The van der Waals surface area contributed by atoms with E-state index in [9.17, 15) is 14.0 Å². The van der Waals surface area contributed by atoms with Crippen molar-refractivity contribution in [1.82, 2.24) is 9.88 Å². The molecule has 2 heterocycles. The lowest BCUT2D eigenvalue weighted by Crippen LogP contribution is -2.43. The largest absolute Gasteiger partial charge is 0.351 e. The van der Waals surface area contributed by atoms with E-state index in [1.807, 2.05) is 30.3 Å². The van der Waals surface area contributed by atoms with Crippen molar-refractivity contribution >= 4 is 28.4 Å². The summed E-state index contributed by atoms with van der Waals surface area (Å²) in [6.07, 6.45) is 1.50. The molecule has 1 aromatic heterocycles. The molecular weight excluding hydrogens is 345 g/mol. The molecule has 1 saturated heterocycles. The Morgan fingerprint density at radius 2 is 1.89 bits per heavy atom. The number of benzene rings is 2. The average molecular weight is 365 g/mol. The smallest absolute Gasteiger partial charge is 0.270 e. The van der Waals surface area contributed by atoms with Crippen molar-refractivity contribution in [2.75, 3.05) is 18.4 Å². The minimum atomic E-state index is -0.347. The number of hydrogen-bond acceptors (Lipinski definition) is 2. The van der Waals surface area contributed by atoms with Crippen molar-refractivity contribution in [3.8, 4) is 0 Å². The van der Waals surface area contributed by atoms with Gasteiger partial charge in [0.15, 0.2) is 0 Å². The monoisotopic (exact) mass is 365 g/mol. The van der Waals surface area contributed by atoms with Crippen LogP contribution in [0.4, 0.5) is 10.1 Å². The van der Waals surface area contributed by atoms with Gasteiger partial charge in [0.2, 0.25) is 5.91 Å². The molecule has 0 bridgehead atoms. The molecule has 2 N–H and O–H groups in total. The minimum Gasteiger partial charge on any atom is -0.351 e. The highest BCUT2D eigenvalue weighted by Crippen LogP contribution is 2.22. The zero-order chi connectivity index (χ0) is 18.8. The Kier molecular flexibility index (Phi) is 4.62. The molecule has 0 unspecified atom stereocenters. The van der Waals surface area contributed by atoms with Gasteiger partial charge in [0.25, 0.3) is 5.91 Å². The maximum Gasteiger partial charge on any atom is 0.270 e. The van der Waals surface area contributed by atoms with Crippen LogP contribution in [-0.4, -0.2) is 34.8 Å². The molecule has 2 amide bonds. The molecule has 138 valence electrons. The average Bonchev–Trinajstić information content (AvgIpc) is 3.13. The summed E-state index contributed by atoms with van der Waals surface area (Å²) in [5.74, 6) is -0.862. The van der Waals surface area contributed by atoms with Crippen LogP contribution in [0.2, 0.25) is 0 Å². The van der Waals surface area contributed by atoms with E-state index < -0.39 is 0 Å². The first kappa shape index (κ1) is 17.3. The number of nitrogens with one attached hydrogen (secondary N) is 2. The lowest BCUT2D eigenvalue weighted by Gasteiger charge is -2.31. The van der Waals surface area contributed by atoms with Gasteiger partial charge in [-0.15, -0.1) is 0 Å². The predicted octanol–water partition coefficient (Wildman–Crippen LogP) is 3.80. The first-order valence-corrected chi connectivity index (χ1v) is 9.03. The lowest BCUT2D eigenvalue weighted by molar-refractivity contribution is -0.121. The van der Waals surface area contributed by atoms with Crippen LogP contribution in [0, 0.1) is 11.7 Å². The first-order chi connectivity index (χ1) is 13.1.